The van der Waals surface area contributed by atoms with Crippen LogP contribution >= 0.6 is 0 Å². The van der Waals surface area contributed by atoms with E-state index in [2.05, 4.69) is 4.98 Å². The highest BCUT2D eigenvalue weighted by molar-refractivity contribution is 5.39. The van der Waals surface area contributed by atoms with Crippen LogP contribution in [-0.4, -0.2) is 4.98 Å². The first kappa shape index (κ1) is 5.81. The van der Waals surface area contributed by atoms with E-state index in [9.17, 15) is 4.39 Å². The van der Waals surface area contributed by atoms with Gasteiger partial charge in [0.25, 0.3) is 0 Å². The van der Waals surface area contributed by atoms with E-state index < -0.39 is 5.82 Å². The third-order valence-corrected chi connectivity index (χ3v) is 0.830. The summed E-state index contributed by atoms with van der Waals surface area (Å²) in [5, 5.41) is 0. The number of halogens is 1. The van der Waals surface area contributed by atoms with E-state index in [1.54, 1.807) is 0 Å². The summed E-state index contributed by atoms with van der Waals surface area (Å²) in [6.45, 7) is 0. The van der Waals surface area contributed by atoms with Crippen molar-refractivity contribution in [3.05, 3.63) is 17.9 Å². The predicted molar refractivity (Wildman–Crippen MR) is 33.0 cm³/mol. The van der Waals surface area contributed by atoms with Gasteiger partial charge in [-0.1, -0.05) is 0 Å². The molecule has 0 aliphatic carbocycles. The van der Waals surface area contributed by atoms with E-state index in [1.807, 2.05) is 0 Å². The minimum absolute atomic E-state index is 0.104. The minimum atomic E-state index is -0.458. The van der Waals surface area contributed by atoms with Gasteiger partial charge in [0.1, 0.15) is 17.5 Å². The lowest BCUT2D eigenvalue weighted by atomic mass is 10.4. The third kappa shape index (κ3) is 1.28. The van der Waals surface area contributed by atoms with Crippen LogP contribution in [0.5, 0.6) is 0 Å². The molecule has 4 heteroatoms. The number of nitrogen functional groups attached to an aromatic ring is 2. The van der Waals surface area contributed by atoms with Gasteiger partial charge in [0.05, 0.1) is 0 Å². The quantitative estimate of drug-likeness (QED) is 0.529. The maximum Gasteiger partial charge on any atom is 0.130 e. The molecule has 48 valence electrons. The minimum Gasteiger partial charge on any atom is -0.384 e. The van der Waals surface area contributed by atoms with Gasteiger partial charge >= 0.3 is 0 Å². The van der Waals surface area contributed by atoms with E-state index in [0.29, 0.717) is 0 Å². The Labute approximate surface area is 51.5 Å². The number of hydrogen-bond acceptors (Lipinski definition) is 3. The molecule has 0 aromatic carbocycles. The van der Waals surface area contributed by atoms with Crippen molar-refractivity contribution in [2.75, 3.05) is 11.5 Å². The van der Waals surface area contributed by atoms with E-state index in [-0.39, 0.29) is 11.6 Å². The molecule has 0 bridgehead atoms. The van der Waals surface area contributed by atoms with Crippen LogP contribution in [0.3, 0.4) is 0 Å². The van der Waals surface area contributed by atoms with Crippen molar-refractivity contribution in [2.24, 2.45) is 0 Å². The Balaban J connectivity index is 3.17. The molecule has 0 aliphatic rings. The summed E-state index contributed by atoms with van der Waals surface area (Å²) in [4.78, 5) is 3.55. The lowest BCUT2D eigenvalue weighted by Crippen LogP contribution is -1.96. The fraction of sp³-hybridized carbons (Fsp3) is 0. The normalized spacial score (nSPS) is 9.44. The summed E-state index contributed by atoms with van der Waals surface area (Å²) in [5.74, 6) is -0.250. The van der Waals surface area contributed by atoms with Gasteiger partial charge < -0.3 is 11.5 Å². The van der Waals surface area contributed by atoms with Gasteiger partial charge in [0.2, 0.25) is 0 Å². The number of nitrogens with two attached hydrogens (primary N) is 2. The molecule has 0 radical (unpaired) electrons. The molecule has 1 rings (SSSR count). The second-order valence-corrected chi connectivity index (χ2v) is 1.64. The van der Waals surface area contributed by atoms with Gasteiger partial charge in [-0.15, -0.1) is 0 Å². The fourth-order valence-electron chi connectivity index (χ4n) is 0.538. The lowest BCUT2D eigenvalue weighted by molar-refractivity contribution is 0.627. The summed E-state index contributed by atoms with van der Waals surface area (Å²) in [7, 11) is 0. The number of pyridine rings is 1. The van der Waals surface area contributed by atoms with Gasteiger partial charge in [0.15, 0.2) is 0 Å². The van der Waals surface area contributed by atoms with Crippen LogP contribution in [0.1, 0.15) is 0 Å². The maximum atomic E-state index is 12.2. The maximum absolute atomic E-state index is 12.2. The van der Waals surface area contributed by atoms with Crippen LogP contribution in [0, 0.1) is 5.82 Å². The topological polar surface area (TPSA) is 64.9 Å². The molecule has 1 aromatic rings. The Morgan fingerprint density at radius 2 is 1.67 bits per heavy atom. The van der Waals surface area contributed by atoms with Crippen molar-refractivity contribution in [1.29, 1.82) is 0 Å². The lowest BCUT2D eigenvalue weighted by Gasteiger charge is -1.93. The number of hydrogen-bond donors (Lipinski definition) is 2. The molecule has 1 heterocycles. The SMILES string of the molecule is Nc1cc(F)cc(N)n1. The van der Waals surface area contributed by atoms with Crippen molar-refractivity contribution in [1.82, 2.24) is 4.98 Å². The van der Waals surface area contributed by atoms with Crippen LogP contribution < -0.4 is 11.5 Å². The number of anilines is 2. The summed E-state index contributed by atoms with van der Waals surface area (Å²) < 4.78 is 12.2. The van der Waals surface area contributed by atoms with E-state index in [4.69, 9.17) is 11.5 Å². The molecular weight excluding hydrogens is 121 g/mol. The summed E-state index contributed by atoms with van der Waals surface area (Å²) in [5.41, 5.74) is 10.3. The molecule has 0 aliphatic heterocycles. The molecule has 0 atom stereocenters. The zero-order chi connectivity index (χ0) is 6.85. The smallest absolute Gasteiger partial charge is 0.130 e. The van der Waals surface area contributed by atoms with Crippen LogP contribution in [0.25, 0.3) is 0 Å². The summed E-state index contributed by atoms with van der Waals surface area (Å²) in [6.07, 6.45) is 0. The monoisotopic (exact) mass is 127 g/mol. The molecule has 9 heavy (non-hydrogen) atoms. The molecule has 0 unspecified atom stereocenters. The van der Waals surface area contributed by atoms with Crippen molar-refractivity contribution >= 4 is 11.6 Å². The average molecular weight is 127 g/mol. The van der Waals surface area contributed by atoms with Gasteiger partial charge in [-0.05, 0) is 0 Å². The van der Waals surface area contributed by atoms with Crippen molar-refractivity contribution in [3.8, 4) is 0 Å². The third-order valence-electron chi connectivity index (χ3n) is 0.830. The molecule has 0 spiro atoms. The van der Waals surface area contributed by atoms with Gasteiger partial charge in [-0.25, -0.2) is 9.37 Å². The van der Waals surface area contributed by atoms with Crippen LogP contribution in [0.2, 0.25) is 0 Å². The van der Waals surface area contributed by atoms with Gasteiger partial charge in [-0.3, -0.25) is 0 Å². The largest absolute Gasteiger partial charge is 0.384 e. The molecule has 0 saturated heterocycles. The highest BCUT2D eigenvalue weighted by Gasteiger charge is 1.93. The number of nitrogens with zero attached hydrogens (tertiary/aromatic N) is 1. The summed E-state index contributed by atoms with van der Waals surface area (Å²) in [6, 6.07) is 2.22. The molecule has 0 fully saturated rings. The van der Waals surface area contributed by atoms with E-state index in [0.717, 1.165) is 12.1 Å². The Morgan fingerprint density at radius 3 is 2.00 bits per heavy atom. The van der Waals surface area contributed by atoms with Gasteiger partial charge in [0, 0.05) is 12.1 Å². The van der Waals surface area contributed by atoms with Crippen LogP contribution in [0.15, 0.2) is 12.1 Å². The van der Waals surface area contributed by atoms with Crippen LogP contribution in [0.4, 0.5) is 16.0 Å². The standard InChI is InChI=1S/C5H6FN3/c6-3-1-4(7)9-5(8)2-3/h1-2H,(H4,7,8,9). The molecule has 1 aromatic heterocycles. The Bertz CT molecular complexity index is 173. The van der Waals surface area contributed by atoms with E-state index in [1.165, 1.54) is 0 Å². The first-order chi connectivity index (χ1) is 4.18. The first-order valence-corrected chi connectivity index (χ1v) is 2.37. The highest BCUT2D eigenvalue weighted by Crippen LogP contribution is 2.05. The average Bonchev–Trinajstić information content (AvgIpc) is 1.59. The van der Waals surface area contributed by atoms with Crippen molar-refractivity contribution in [2.45, 2.75) is 0 Å². The number of rotatable bonds is 0. The first-order valence-electron chi connectivity index (χ1n) is 2.37. The molecular formula is C5H6FN3. The molecule has 0 saturated carbocycles. The fourth-order valence-corrected chi connectivity index (χ4v) is 0.538. The Morgan fingerprint density at radius 1 is 1.22 bits per heavy atom. The second kappa shape index (κ2) is 1.89. The Hall–Kier alpha value is -1.32. The predicted octanol–water partition coefficient (Wildman–Crippen LogP) is 0.385. The van der Waals surface area contributed by atoms with Gasteiger partial charge in [-0.2, -0.15) is 0 Å². The molecule has 3 nitrogen and oxygen atoms in total. The van der Waals surface area contributed by atoms with Crippen molar-refractivity contribution in [3.63, 3.8) is 0 Å². The summed E-state index contributed by atoms with van der Waals surface area (Å²) >= 11 is 0. The number of aromatic nitrogens is 1. The highest BCUT2D eigenvalue weighted by atomic mass is 19.1. The molecule has 0 amide bonds. The second-order valence-electron chi connectivity index (χ2n) is 1.64. The zero-order valence-electron chi connectivity index (χ0n) is 4.63. The van der Waals surface area contributed by atoms with Crippen LogP contribution in [-0.2, 0) is 0 Å². The van der Waals surface area contributed by atoms with E-state index >= 15 is 0 Å². The Kier molecular flexibility index (Phi) is 1.22. The zero-order valence-corrected chi connectivity index (χ0v) is 4.63. The molecule has 4 N–H and O–H groups in total. The van der Waals surface area contributed by atoms with Crippen molar-refractivity contribution < 1.29 is 4.39 Å².